The third-order valence-electron chi connectivity index (χ3n) is 6.14. The quantitative estimate of drug-likeness (QED) is 0.878. The number of amides is 1. The van der Waals surface area contributed by atoms with Gasteiger partial charge in [0.25, 0.3) is 5.91 Å². The van der Waals surface area contributed by atoms with Gasteiger partial charge in [0.1, 0.15) is 17.8 Å². The van der Waals surface area contributed by atoms with Crippen molar-refractivity contribution in [2.75, 3.05) is 24.5 Å². The molecular weight excluding hydrogens is 356 g/mol. The van der Waals surface area contributed by atoms with Gasteiger partial charge in [0.2, 0.25) is 6.10 Å². The highest BCUT2D eigenvalue weighted by molar-refractivity contribution is 5.93. The first-order valence-electron chi connectivity index (χ1n) is 10.3. The lowest BCUT2D eigenvalue weighted by atomic mass is 10.1. The van der Waals surface area contributed by atoms with Gasteiger partial charge in [0, 0.05) is 32.3 Å². The van der Waals surface area contributed by atoms with E-state index in [0.717, 1.165) is 74.3 Å². The van der Waals surface area contributed by atoms with Crippen LogP contribution in [-0.4, -0.2) is 62.7 Å². The summed E-state index contributed by atoms with van der Waals surface area (Å²) >= 11 is 0. The van der Waals surface area contributed by atoms with Gasteiger partial charge in [-0.25, -0.2) is 9.97 Å². The number of carbonyl (C=O) groups is 1. The zero-order chi connectivity index (χ0) is 19.1. The van der Waals surface area contributed by atoms with Crippen LogP contribution in [0.1, 0.15) is 45.4 Å². The van der Waals surface area contributed by atoms with E-state index in [2.05, 4.69) is 36.8 Å². The van der Waals surface area contributed by atoms with Crippen molar-refractivity contribution in [3.8, 4) is 0 Å². The van der Waals surface area contributed by atoms with E-state index in [0.29, 0.717) is 6.42 Å². The van der Waals surface area contributed by atoms with Gasteiger partial charge in [-0.15, -0.1) is 0 Å². The Balaban J connectivity index is 1.35. The van der Waals surface area contributed by atoms with Gasteiger partial charge in [-0.2, -0.15) is 0 Å². The van der Waals surface area contributed by atoms with Crippen molar-refractivity contribution in [1.82, 2.24) is 19.9 Å². The molecule has 1 atom stereocenters. The van der Waals surface area contributed by atoms with Crippen LogP contribution in [0.5, 0.6) is 0 Å². The van der Waals surface area contributed by atoms with Crippen molar-refractivity contribution in [3.05, 3.63) is 18.6 Å². The van der Waals surface area contributed by atoms with E-state index in [1.165, 1.54) is 0 Å². The van der Waals surface area contributed by atoms with Gasteiger partial charge in [-0.1, -0.05) is 18.5 Å². The summed E-state index contributed by atoms with van der Waals surface area (Å²) in [7, 11) is 0. The molecule has 2 aromatic rings. The summed E-state index contributed by atoms with van der Waals surface area (Å²) < 4.78 is 0. The van der Waals surface area contributed by atoms with Crippen LogP contribution in [0.15, 0.2) is 23.7 Å². The first-order valence-corrected chi connectivity index (χ1v) is 10.3. The third-order valence-corrected chi connectivity index (χ3v) is 6.14. The highest BCUT2D eigenvalue weighted by Crippen LogP contribution is 2.45. The van der Waals surface area contributed by atoms with Crippen molar-refractivity contribution in [3.63, 3.8) is 0 Å². The molecule has 1 amide bonds. The molecular formula is C20H26N6O2. The molecule has 0 bridgehead atoms. The Labute approximate surface area is 163 Å². The molecule has 0 aromatic carbocycles. The number of nitrogens with one attached hydrogen (secondary N) is 1. The average Bonchev–Trinajstić information content (AvgIpc) is 3.13. The molecule has 1 spiro atoms. The monoisotopic (exact) mass is 382 g/mol. The molecule has 3 aliphatic rings. The molecule has 1 unspecified atom stereocenters. The molecule has 4 heterocycles. The minimum absolute atomic E-state index is 0.0992. The number of H-pyrrole nitrogens is 1. The summed E-state index contributed by atoms with van der Waals surface area (Å²) in [5.74, 6) is 1.06. The van der Waals surface area contributed by atoms with Crippen molar-refractivity contribution < 1.29 is 9.63 Å². The summed E-state index contributed by atoms with van der Waals surface area (Å²) in [6.07, 6.45) is 8.62. The molecule has 2 aliphatic heterocycles. The van der Waals surface area contributed by atoms with Gasteiger partial charge >= 0.3 is 0 Å². The summed E-state index contributed by atoms with van der Waals surface area (Å²) in [6, 6.07) is 2.02. The van der Waals surface area contributed by atoms with Gasteiger partial charge in [-0.3, -0.25) is 4.79 Å². The van der Waals surface area contributed by atoms with Gasteiger partial charge in [0.15, 0.2) is 0 Å². The van der Waals surface area contributed by atoms with Gasteiger partial charge in [-0.05, 0) is 31.7 Å². The predicted octanol–water partition coefficient (Wildman–Crippen LogP) is 2.47. The average molecular weight is 382 g/mol. The molecule has 2 fully saturated rings. The molecule has 1 saturated carbocycles. The zero-order valence-electron chi connectivity index (χ0n) is 16.2. The fraction of sp³-hybridized carbons (Fsp3) is 0.600. The molecule has 148 valence electrons. The number of aromatic nitrogens is 3. The summed E-state index contributed by atoms with van der Waals surface area (Å²) in [6.45, 7) is 4.58. The van der Waals surface area contributed by atoms with Crippen molar-refractivity contribution >= 4 is 28.5 Å². The molecule has 2 aromatic heterocycles. The number of fused-ring (bicyclic) bond motifs is 1. The van der Waals surface area contributed by atoms with Gasteiger partial charge < -0.3 is 19.6 Å². The van der Waals surface area contributed by atoms with Crippen molar-refractivity contribution in [1.29, 1.82) is 0 Å². The Morgan fingerprint density at radius 1 is 1.36 bits per heavy atom. The standard InChI is InChI=1S/C20H26N6O2/c1-2-4-14-11-16(28-24-14)19(27)26-10-3-9-25(12-20(26)6-7-20)18-15-5-8-21-17(15)22-13-23-18/h5,8,13,16H,2-4,6-7,9-12H2,1H3,(H,21,22,23). The van der Waals surface area contributed by atoms with E-state index in [1.807, 2.05) is 12.3 Å². The first-order chi connectivity index (χ1) is 13.7. The Hall–Kier alpha value is -2.64. The van der Waals surface area contributed by atoms with E-state index in [4.69, 9.17) is 4.84 Å². The molecule has 8 nitrogen and oxygen atoms in total. The van der Waals surface area contributed by atoms with E-state index in [-0.39, 0.29) is 11.4 Å². The minimum atomic E-state index is -0.444. The van der Waals surface area contributed by atoms with Crippen LogP contribution in [0.3, 0.4) is 0 Å². The van der Waals surface area contributed by atoms with Crippen molar-refractivity contribution in [2.24, 2.45) is 5.16 Å². The van der Waals surface area contributed by atoms with Crippen LogP contribution >= 0.6 is 0 Å². The first kappa shape index (κ1) is 17.5. The SMILES string of the molecule is CCCC1=NOC(C(=O)N2CCCN(c3ncnc4[nH]ccc34)CC23CC3)C1. The number of hydrogen-bond acceptors (Lipinski definition) is 6. The van der Waals surface area contributed by atoms with Crippen LogP contribution in [0.2, 0.25) is 0 Å². The largest absolute Gasteiger partial charge is 0.382 e. The Morgan fingerprint density at radius 2 is 2.25 bits per heavy atom. The van der Waals surface area contributed by atoms with Crippen LogP contribution < -0.4 is 4.90 Å². The summed E-state index contributed by atoms with van der Waals surface area (Å²) in [4.78, 5) is 35.2. The molecule has 0 radical (unpaired) electrons. The van der Waals surface area contributed by atoms with Crippen LogP contribution in [0.4, 0.5) is 5.82 Å². The lowest BCUT2D eigenvalue weighted by molar-refractivity contribution is -0.145. The number of rotatable bonds is 4. The van der Waals surface area contributed by atoms with Crippen LogP contribution in [0.25, 0.3) is 11.0 Å². The minimum Gasteiger partial charge on any atom is -0.382 e. The molecule has 5 rings (SSSR count). The number of oxime groups is 1. The topological polar surface area (TPSA) is 86.7 Å². The fourth-order valence-electron chi connectivity index (χ4n) is 4.55. The molecule has 8 heteroatoms. The number of anilines is 1. The molecule has 1 N–H and O–H groups in total. The second-order valence-corrected chi connectivity index (χ2v) is 8.13. The third kappa shape index (κ3) is 2.91. The molecule has 1 aliphatic carbocycles. The van der Waals surface area contributed by atoms with E-state index in [9.17, 15) is 4.79 Å². The number of carbonyl (C=O) groups excluding carboxylic acids is 1. The molecule has 28 heavy (non-hydrogen) atoms. The Kier molecular flexibility index (Phi) is 4.21. The Bertz CT molecular complexity index is 918. The maximum Gasteiger partial charge on any atom is 0.267 e. The number of nitrogens with zero attached hydrogens (tertiary/aromatic N) is 5. The lowest BCUT2D eigenvalue weighted by Crippen LogP contribution is -2.50. The Morgan fingerprint density at radius 3 is 3.07 bits per heavy atom. The van der Waals surface area contributed by atoms with E-state index in [1.54, 1.807) is 6.33 Å². The maximum atomic E-state index is 13.3. The normalized spacial score (nSPS) is 23.6. The highest BCUT2D eigenvalue weighted by Gasteiger charge is 2.54. The zero-order valence-corrected chi connectivity index (χ0v) is 16.2. The lowest BCUT2D eigenvalue weighted by Gasteiger charge is -2.33. The van der Waals surface area contributed by atoms with Crippen molar-refractivity contribution in [2.45, 2.75) is 57.1 Å². The second-order valence-electron chi connectivity index (χ2n) is 8.13. The predicted molar refractivity (Wildman–Crippen MR) is 106 cm³/mol. The van der Waals surface area contributed by atoms with E-state index < -0.39 is 6.10 Å². The summed E-state index contributed by atoms with van der Waals surface area (Å²) in [5, 5.41) is 5.18. The smallest absolute Gasteiger partial charge is 0.267 e. The number of hydrogen-bond donors (Lipinski definition) is 1. The van der Waals surface area contributed by atoms with Crippen LogP contribution in [-0.2, 0) is 9.63 Å². The van der Waals surface area contributed by atoms with Gasteiger partial charge in [0.05, 0.1) is 16.6 Å². The summed E-state index contributed by atoms with van der Waals surface area (Å²) in [5.41, 5.74) is 1.77. The van der Waals surface area contributed by atoms with Crippen LogP contribution in [0, 0.1) is 0 Å². The highest BCUT2D eigenvalue weighted by atomic mass is 16.6. The molecule has 1 saturated heterocycles. The van der Waals surface area contributed by atoms with E-state index >= 15 is 0 Å². The fourth-order valence-corrected chi connectivity index (χ4v) is 4.55. The maximum absolute atomic E-state index is 13.3. The second kappa shape index (κ2) is 6.76. The number of aromatic amines is 1.